The number of carbonyl (C=O) groups is 1. The molecule has 1 unspecified atom stereocenters. The van der Waals surface area contributed by atoms with Crippen molar-refractivity contribution in [3.63, 3.8) is 0 Å². The maximum atomic E-state index is 12.3. The molecule has 23 heavy (non-hydrogen) atoms. The normalized spacial score (nSPS) is 19.0. The molecule has 0 saturated carbocycles. The van der Waals surface area contributed by atoms with Crippen molar-refractivity contribution in [2.24, 2.45) is 0 Å². The van der Waals surface area contributed by atoms with E-state index in [0.717, 1.165) is 35.6 Å². The molecule has 2 aromatic rings. The van der Waals surface area contributed by atoms with E-state index in [4.69, 9.17) is 9.47 Å². The third-order valence-electron chi connectivity index (χ3n) is 4.37. The summed E-state index contributed by atoms with van der Waals surface area (Å²) >= 11 is 1.62. The predicted molar refractivity (Wildman–Crippen MR) is 89.3 cm³/mol. The largest absolute Gasteiger partial charge is 0.486 e. The van der Waals surface area contributed by atoms with Crippen molar-refractivity contribution in [2.45, 2.75) is 31.7 Å². The van der Waals surface area contributed by atoms with E-state index in [9.17, 15) is 4.79 Å². The van der Waals surface area contributed by atoms with Gasteiger partial charge in [0.25, 0.3) is 0 Å². The highest BCUT2D eigenvalue weighted by Gasteiger charge is 2.25. The van der Waals surface area contributed by atoms with Crippen molar-refractivity contribution in [1.82, 2.24) is 5.32 Å². The molecule has 4 nitrogen and oxygen atoms in total. The van der Waals surface area contributed by atoms with Crippen molar-refractivity contribution in [3.8, 4) is 11.5 Å². The highest BCUT2D eigenvalue weighted by molar-refractivity contribution is 7.10. The smallest absolute Gasteiger partial charge is 0.225 e. The van der Waals surface area contributed by atoms with Gasteiger partial charge in [-0.05, 0) is 54.0 Å². The number of hydrogen-bond donors (Lipinski definition) is 1. The monoisotopic (exact) mass is 329 g/mol. The van der Waals surface area contributed by atoms with Gasteiger partial charge in [0.2, 0.25) is 5.91 Å². The van der Waals surface area contributed by atoms with E-state index in [2.05, 4.69) is 17.4 Å². The molecule has 1 aromatic carbocycles. The molecule has 0 spiro atoms. The highest BCUT2D eigenvalue weighted by Crippen LogP contribution is 2.39. The van der Waals surface area contributed by atoms with Crippen LogP contribution in [0.25, 0.3) is 0 Å². The van der Waals surface area contributed by atoms with Crippen molar-refractivity contribution >= 4 is 17.2 Å². The summed E-state index contributed by atoms with van der Waals surface area (Å²) in [7, 11) is 0. The molecule has 1 atom stereocenters. The van der Waals surface area contributed by atoms with Gasteiger partial charge in [-0.3, -0.25) is 4.79 Å². The molecule has 5 heteroatoms. The topological polar surface area (TPSA) is 47.6 Å². The van der Waals surface area contributed by atoms with Crippen LogP contribution >= 0.6 is 11.3 Å². The number of aryl methyl sites for hydroxylation is 1. The first-order chi connectivity index (χ1) is 11.3. The van der Waals surface area contributed by atoms with Crippen LogP contribution in [0.15, 0.2) is 29.6 Å². The van der Waals surface area contributed by atoms with Crippen LogP contribution in [-0.4, -0.2) is 19.1 Å². The summed E-state index contributed by atoms with van der Waals surface area (Å²) in [6.45, 7) is 1.19. The molecule has 4 rings (SSSR count). The van der Waals surface area contributed by atoms with Crippen molar-refractivity contribution in [3.05, 3.63) is 45.6 Å². The maximum absolute atomic E-state index is 12.3. The number of nitrogens with one attached hydrogen (secondary N) is 1. The van der Waals surface area contributed by atoms with E-state index in [1.807, 2.05) is 17.5 Å². The fourth-order valence-electron chi connectivity index (χ4n) is 3.31. The van der Waals surface area contributed by atoms with E-state index < -0.39 is 0 Å². The Kier molecular flexibility index (Phi) is 3.95. The molecule has 120 valence electrons. The van der Waals surface area contributed by atoms with Gasteiger partial charge in [0, 0.05) is 4.88 Å². The Morgan fingerprint density at radius 1 is 1.26 bits per heavy atom. The van der Waals surface area contributed by atoms with Crippen LogP contribution in [0.2, 0.25) is 0 Å². The van der Waals surface area contributed by atoms with E-state index in [-0.39, 0.29) is 11.9 Å². The maximum Gasteiger partial charge on any atom is 0.225 e. The highest BCUT2D eigenvalue weighted by atomic mass is 32.1. The number of ether oxygens (including phenoxy) is 2. The molecule has 1 amide bonds. The lowest BCUT2D eigenvalue weighted by Crippen LogP contribution is -2.32. The van der Waals surface area contributed by atoms with Gasteiger partial charge in [0.15, 0.2) is 11.5 Å². The van der Waals surface area contributed by atoms with Crippen molar-refractivity contribution in [2.75, 3.05) is 13.2 Å². The zero-order valence-corrected chi connectivity index (χ0v) is 13.7. The van der Waals surface area contributed by atoms with Gasteiger partial charge in [-0.2, -0.15) is 0 Å². The summed E-state index contributed by atoms with van der Waals surface area (Å²) in [6.07, 6.45) is 3.54. The number of carbonyl (C=O) groups excluding carboxylic acids is 1. The van der Waals surface area contributed by atoms with Crippen LogP contribution in [0.3, 0.4) is 0 Å². The first-order valence-corrected chi connectivity index (χ1v) is 8.92. The summed E-state index contributed by atoms with van der Waals surface area (Å²) < 4.78 is 11.4. The van der Waals surface area contributed by atoms with Crippen LogP contribution < -0.4 is 14.8 Å². The Balaban J connectivity index is 1.54. The quantitative estimate of drug-likeness (QED) is 0.940. The predicted octanol–water partition coefficient (Wildman–Crippen LogP) is 3.26. The number of amides is 1. The minimum Gasteiger partial charge on any atom is -0.486 e. The fourth-order valence-corrected chi connectivity index (χ4v) is 4.01. The van der Waals surface area contributed by atoms with Crippen LogP contribution in [0.1, 0.15) is 34.9 Å². The molecular formula is C18H19NO3S. The Morgan fingerprint density at radius 2 is 2.09 bits per heavy atom. The Morgan fingerprint density at radius 3 is 2.87 bits per heavy atom. The molecule has 1 N–H and O–H groups in total. The molecule has 1 aliphatic heterocycles. The van der Waals surface area contributed by atoms with Gasteiger partial charge in [-0.15, -0.1) is 11.3 Å². The first-order valence-electron chi connectivity index (χ1n) is 8.04. The molecule has 1 aromatic heterocycles. The second-order valence-corrected chi connectivity index (χ2v) is 7.00. The van der Waals surface area contributed by atoms with Crippen LogP contribution in [-0.2, 0) is 17.6 Å². The lowest BCUT2D eigenvalue weighted by Gasteiger charge is -2.29. The minimum atomic E-state index is 0.0713. The molecule has 0 bridgehead atoms. The minimum absolute atomic E-state index is 0.0713. The van der Waals surface area contributed by atoms with Crippen molar-refractivity contribution in [1.29, 1.82) is 0 Å². The van der Waals surface area contributed by atoms with Crippen LogP contribution in [0.5, 0.6) is 11.5 Å². The van der Waals surface area contributed by atoms with Gasteiger partial charge in [-0.1, -0.05) is 6.07 Å². The van der Waals surface area contributed by atoms with E-state index in [1.165, 1.54) is 11.1 Å². The number of benzene rings is 1. The van der Waals surface area contributed by atoms with Gasteiger partial charge in [0.05, 0.1) is 12.5 Å². The Labute approximate surface area is 139 Å². The molecule has 0 fully saturated rings. The van der Waals surface area contributed by atoms with E-state index in [0.29, 0.717) is 19.6 Å². The Hall–Kier alpha value is -2.01. The number of thiophene rings is 1. The molecule has 2 aliphatic rings. The zero-order chi connectivity index (χ0) is 15.6. The second-order valence-electron chi connectivity index (χ2n) is 5.96. The van der Waals surface area contributed by atoms with E-state index in [1.54, 1.807) is 11.3 Å². The van der Waals surface area contributed by atoms with Crippen molar-refractivity contribution < 1.29 is 14.3 Å². The molecule has 1 aliphatic carbocycles. The summed E-state index contributed by atoms with van der Waals surface area (Å²) in [6, 6.07) is 8.19. The fraction of sp³-hybridized carbons (Fsp3) is 0.389. The zero-order valence-electron chi connectivity index (χ0n) is 12.8. The third-order valence-corrected chi connectivity index (χ3v) is 5.24. The first kappa shape index (κ1) is 14.6. The summed E-state index contributed by atoms with van der Waals surface area (Å²) in [5.41, 5.74) is 2.45. The molecular weight excluding hydrogens is 310 g/mol. The average molecular weight is 329 g/mol. The lowest BCUT2D eigenvalue weighted by atomic mass is 9.87. The summed E-state index contributed by atoms with van der Waals surface area (Å²) in [5.74, 6) is 1.72. The standard InChI is InChI=1S/C18H19NO3S/c20-18(10-13-4-2-8-23-13)19-15-5-1-3-12-9-16-17(11-14(12)15)22-7-6-21-16/h2,4,8-9,11,15H,1,3,5-7,10H2,(H,19,20). The summed E-state index contributed by atoms with van der Waals surface area (Å²) in [5, 5.41) is 5.19. The number of fused-ring (bicyclic) bond motifs is 2. The molecule has 2 heterocycles. The summed E-state index contributed by atoms with van der Waals surface area (Å²) in [4.78, 5) is 13.4. The van der Waals surface area contributed by atoms with Gasteiger partial charge in [0.1, 0.15) is 13.2 Å². The third kappa shape index (κ3) is 3.06. The van der Waals surface area contributed by atoms with Crippen LogP contribution in [0.4, 0.5) is 0 Å². The van der Waals surface area contributed by atoms with E-state index >= 15 is 0 Å². The SMILES string of the molecule is O=C(Cc1cccs1)NC1CCCc2cc3c(cc21)OCCO3. The van der Waals surface area contributed by atoms with Gasteiger partial charge in [-0.25, -0.2) is 0 Å². The second kappa shape index (κ2) is 6.24. The Bertz CT molecular complexity index is 711. The van der Waals surface area contributed by atoms with Gasteiger partial charge < -0.3 is 14.8 Å². The molecule has 0 saturated heterocycles. The van der Waals surface area contributed by atoms with Gasteiger partial charge >= 0.3 is 0 Å². The number of hydrogen-bond acceptors (Lipinski definition) is 4. The van der Waals surface area contributed by atoms with Crippen LogP contribution in [0, 0.1) is 0 Å². The lowest BCUT2D eigenvalue weighted by molar-refractivity contribution is -0.121. The number of rotatable bonds is 3. The molecule has 0 radical (unpaired) electrons. The average Bonchev–Trinajstić information content (AvgIpc) is 3.06.